The third-order valence-corrected chi connectivity index (χ3v) is 3.72. The van der Waals surface area contributed by atoms with E-state index in [4.69, 9.17) is 0 Å². The van der Waals surface area contributed by atoms with Gasteiger partial charge in [-0.2, -0.15) is 3.96 Å². The zero-order valence-electron chi connectivity index (χ0n) is 10.1. The van der Waals surface area contributed by atoms with Crippen molar-refractivity contribution in [1.82, 2.24) is 8.86 Å². The van der Waals surface area contributed by atoms with Gasteiger partial charge in [-0.3, -0.25) is 4.79 Å². The molecule has 5 heteroatoms. The summed E-state index contributed by atoms with van der Waals surface area (Å²) in [7, 11) is 0. The van der Waals surface area contributed by atoms with Crippen LogP contribution < -0.4 is 5.56 Å². The number of hydrogen-bond donors (Lipinski definition) is 0. The molecule has 1 aromatic heterocycles. The number of likely N-dealkylation sites (N-methyl/N-ethyl adjacent to an activating group) is 1. The third-order valence-electron chi connectivity index (χ3n) is 2.67. The van der Waals surface area contributed by atoms with E-state index in [9.17, 15) is 9.59 Å². The lowest BCUT2D eigenvalue weighted by Crippen LogP contribution is -2.37. The second-order valence-electron chi connectivity index (χ2n) is 3.80. The van der Waals surface area contributed by atoms with Crippen LogP contribution in [0, 0.1) is 0 Å². The molecule has 2 rings (SSSR count). The molecule has 0 aliphatic carbocycles. The lowest BCUT2D eigenvalue weighted by atomic mass is 10.3. The first-order chi connectivity index (χ1) is 8.69. The van der Waals surface area contributed by atoms with E-state index in [1.807, 2.05) is 19.1 Å². The van der Waals surface area contributed by atoms with Crippen molar-refractivity contribution in [3.8, 4) is 0 Å². The predicted octanol–water partition coefficient (Wildman–Crippen LogP) is 2.54. The van der Waals surface area contributed by atoms with Crippen molar-refractivity contribution >= 4 is 27.6 Å². The second kappa shape index (κ2) is 5.18. The molecule has 1 aromatic carbocycles. The summed E-state index contributed by atoms with van der Waals surface area (Å²) < 4.78 is 2.03. The van der Waals surface area contributed by atoms with Crippen LogP contribution in [0.15, 0.2) is 41.7 Å². The van der Waals surface area contributed by atoms with Crippen LogP contribution in [0.2, 0.25) is 0 Å². The van der Waals surface area contributed by atoms with Crippen LogP contribution in [-0.2, 0) is 0 Å². The summed E-state index contributed by atoms with van der Waals surface area (Å²) in [4.78, 5) is 25.9. The Morgan fingerprint density at radius 2 is 2.22 bits per heavy atom. The van der Waals surface area contributed by atoms with E-state index in [-0.39, 0.29) is 11.6 Å². The number of nitrogens with zero attached hydrogens (tertiary/aromatic N) is 2. The number of amides is 1. The van der Waals surface area contributed by atoms with Gasteiger partial charge >= 0.3 is 6.03 Å². The molecule has 1 heterocycles. The highest BCUT2D eigenvalue weighted by atomic mass is 32.1. The van der Waals surface area contributed by atoms with Crippen molar-refractivity contribution in [2.75, 3.05) is 13.1 Å². The number of benzene rings is 1. The standard InChI is InChI=1S/C13H14N2O2S/c1-3-9-14(4-2)13(17)15-12(16)10-7-5-6-8-11(10)18-15/h3,5-8H,1,4,9H2,2H3. The Bertz CT molecular complexity index is 642. The Hall–Kier alpha value is -1.88. The van der Waals surface area contributed by atoms with Gasteiger partial charge in [-0.25, -0.2) is 4.79 Å². The number of hydrogen-bond acceptors (Lipinski definition) is 3. The van der Waals surface area contributed by atoms with Gasteiger partial charge in [0.15, 0.2) is 0 Å². The van der Waals surface area contributed by atoms with Crippen LogP contribution in [0.1, 0.15) is 6.92 Å². The molecule has 2 aromatic rings. The summed E-state index contributed by atoms with van der Waals surface area (Å²) in [5.74, 6) is 0. The minimum Gasteiger partial charge on any atom is -0.320 e. The van der Waals surface area contributed by atoms with Crippen molar-refractivity contribution in [3.05, 3.63) is 47.3 Å². The molecule has 0 bridgehead atoms. The van der Waals surface area contributed by atoms with Crippen LogP contribution in [0.25, 0.3) is 10.1 Å². The van der Waals surface area contributed by atoms with Gasteiger partial charge in [-0.1, -0.05) is 18.2 Å². The maximum absolute atomic E-state index is 12.2. The average molecular weight is 262 g/mol. The predicted molar refractivity (Wildman–Crippen MR) is 74.3 cm³/mol. The maximum Gasteiger partial charge on any atom is 0.341 e. The zero-order valence-corrected chi connectivity index (χ0v) is 10.9. The summed E-state index contributed by atoms with van der Waals surface area (Å²) in [6.07, 6.45) is 1.65. The minimum absolute atomic E-state index is 0.247. The van der Waals surface area contributed by atoms with Crippen molar-refractivity contribution in [2.45, 2.75) is 6.92 Å². The molecule has 1 amide bonds. The zero-order chi connectivity index (χ0) is 13.1. The van der Waals surface area contributed by atoms with Crippen molar-refractivity contribution in [3.63, 3.8) is 0 Å². The molecule has 0 saturated heterocycles. The molecule has 0 saturated carbocycles. The molecule has 0 N–H and O–H groups in total. The van der Waals surface area contributed by atoms with Crippen molar-refractivity contribution < 1.29 is 4.79 Å². The van der Waals surface area contributed by atoms with Crippen LogP contribution in [0.5, 0.6) is 0 Å². The maximum atomic E-state index is 12.2. The highest BCUT2D eigenvalue weighted by molar-refractivity contribution is 7.14. The summed E-state index contributed by atoms with van der Waals surface area (Å²) in [5.41, 5.74) is -0.247. The van der Waals surface area contributed by atoms with Gasteiger partial charge in [-0.15, -0.1) is 6.58 Å². The molecule has 0 atom stereocenters. The second-order valence-corrected chi connectivity index (χ2v) is 4.78. The molecule has 0 radical (unpaired) electrons. The summed E-state index contributed by atoms with van der Waals surface area (Å²) in [6.45, 7) is 6.47. The molecular formula is C13H14N2O2S. The van der Waals surface area contributed by atoms with E-state index < -0.39 is 0 Å². The molecule has 18 heavy (non-hydrogen) atoms. The van der Waals surface area contributed by atoms with Gasteiger partial charge in [0, 0.05) is 13.1 Å². The molecule has 4 nitrogen and oxygen atoms in total. The average Bonchev–Trinajstić information content (AvgIpc) is 2.73. The van der Waals surface area contributed by atoms with Gasteiger partial charge in [-0.05, 0) is 30.6 Å². The highest BCUT2D eigenvalue weighted by Crippen LogP contribution is 2.16. The number of rotatable bonds is 3. The molecule has 0 aliphatic heterocycles. The van der Waals surface area contributed by atoms with Gasteiger partial charge in [0.05, 0.1) is 10.1 Å². The third kappa shape index (κ3) is 2.09. The van der Waals surface area contributed by atoms with Crippen molar-refractivity contribution in [1.29, 1.82) is 0 Å². The van der Waals surface area contributed by atoms with E-state index in [1.54, 1.807) is 23.1 Å². The van der Waals surface area contributed by atoms with Gasteiger partial charge in [0.25, 0.3) is 5.56 Å². The molecule has 0 aliphatic rings. The fraction of sp³-hybridized carbons (Fsp3) is 0.231. The number of aromatic nitrogens is 1. The quantitative estimate of drug-likeness (QED) is 0.798. The Morgan fingerprint density at radius 3 is 2.83 bits per heavy atom. The van der Waals surface area contributed by atoms with Gasteiger partial charge in [0.1, 0.15) is 0 Å². The van der Waals surface area contributed by atoms with E-state index in [0.29, 0.717) is 18.5 Å². The van der Waals surface area contributed by atoms with E-state index >= 15 is 0 Å². The van der Waals surface area contributed by atoms with Crippen molar-refractivity contribution in [2.24, 2.45) is 0 Å². The molecule has 0 unspecified atom stereocenters. The van der Waals surface area contributed by atoms with E-state index in [0.717, 1.165) is 4.70 Å². The first-order valence-corrected chi connectivity index (χ1v) is 6.47. The summed E-state index contributed by atoms with van der Waals surface area (Å²) in [5, 5.41) is 0.588. The highest BCUT2D eigenvalue weighted by Gasteiger charge is 2.17. The summed E-state index contributed by atoms with van der Waals surface area (Å²) >= 11 is 1.18. The van der Waals surface area contributed by atoms with Gasteiger partial charge < -0.3 is 4.90 Å². The van der Waals surface area contributed by atoms with Crippen LogP contribution >= 0.6 is 11.5 Å². The van der Waals surface area contributed by atoms with Crippen LogP contribution in [0.4, 0.5) is 4.79 Å². The topological polar surface area (TPSA) is 42.3 Å². The molecule has 94 valence electrons. The largest absolute Gasteiger partial charge is 0.341 e. The molecule has 0 spiro atoms. The SMILES string of the molecule is C=CCN(CC)C(=O)n1sc2ccccc2c1=O. The molecule has 0 fully saturated rings. The Balaban J connectivity index is 2.47. The first kappa shape index (κ1) is 12.6. The monoisotopic (exact) mass is 262 g/mol. The Labute approximate surface area is 109 Å². The van der Waals surface area contributed by atoms with Crippen LogP contribution in [0.3, 0.4) is 0 Å². The lowest BCUT2D eigenvalue weighted by Gasteiger charge is -2.17. The van der Waals surface area contributed by atoms with E-state index in [1.165, 1.54) is 15.5 Å². The number of carbonyl (C=O) groups is 1. The Kier molecular flexibility index (Phi) is 3.62. The normalized spacial score (nSPS) is 10.5. The lowest BCUT2D eigenvalue weighted by molar-refractivity contribution is 0.209. The first-order valence-electron chi connectivity index (χ1n) is 5.70. The smallest absolute Gasteiger partial charge is 0.320 e. The van der Waals surface area contributed by atoms with Crippen LogP contribution in [-0.4, -0.2) is 28.0 Å². The fourth-order valence-corrected chi connectivity index (χ4v) is 2.69. The van der Waals surface area contributed by atoms with Gasteiger partial charge in [0.2, 0.25) is 0 Å². The fourth-order valence-electron chi connectivity index (χ4n) is 1.72. The number of fused-ring (bicyclic) bond motifs is 1. The summed E-state index contributed by atoms with van der Waals surface area (Å²) in [6, 6.07) is 6.95. The van der Waals surface area contributed by atoms with E-state index in [2.05, 4.69) is 6.58 Å². The molecular weight excluding hydrogens is 248 g/mol. The minimum atomic E-state index is -0.288. The Morgan fingerprint density at radius 1 is 1.50 bits per heavy atom. The number of carbonyl (C=O) groups excluding carboxylic acids is 1.